The van der Waals surface area contributed by atoms with Crippen molar-refractivity contribution in [2.75, 3.05) is 26.2 Å². The fraction of sp³-hybridized carbons (Fsp3) is 0.667. The van der Waals surface area contributed by atoms with Crippen LogP contribution < -0.4 is 4.72 Å². The average Bonchev–Trinajstić information content (AvgIpc) is 2.85. The Hall–Kier alpha value is -1.87. The van der Waals surface area contributed by atoms with Crippen LogP contribution in [-0.2, 0) is 26.6 Å². The molecule has 1 saturated heterocycles. The van der Waals surface area contributed by atoms with Crippen molar-refractivity contribution in [3.63, 3.8) is 0 Å². The number of sulfonamides is 1. The largest absolute Gasteiger partial charge is 0.462 e. The second kappa shape index (κ2) is 8.43. The van der Waals surface area contributed by atoms with E-state index in [4.69, 9.17) is 4.74 Å². The summed E-state index contributed by atoms with van der Waals surface area (Å²) in [7, 11) is -2.36. The smallest absolute Gasteiger partial charge is 0.341 e. The summed E-state index contributed by atoms with van der Waals surface area (Å²) in [5.41, 5.74) is 0.938. The molecule has 0 unspecified atom stereocenters. The van der Waals surface area contributed by atoms with Gasteiger partial charge >= 0.3 is 5.97 Å². The number of esters is 1. The van der Waals surface area contributed by atoms with Gasteiger partial charge in [-0.3, -0.25) is 4.79 Å². The van der Waals surface area contributed by atoms with Crippen molar-refractivity contribution in [3.05, 3.63) is 17.0 Å². The molecule has 8 nitrogen and oxygen atoms in total. The van der Waals surface area contributed by atoms with Gasteiger partial charge in [-0.1, -0.05) is 6.92 Å². The van der Waals surface area contributed by atoms with E-state index in [1.165, 1.54) is 0 Å². The van der Waals surface area contributed by atoms with Crippen LogP contribution in [0.3, 0.4) is 0 Å². The molecule has 1 aliphatic heterocycles. The molecule has 152 valence electrons. The number of piperidine rings is 1. The summed E-state index contributed by atoms with van der Waals surface area (Å²) in [6.45, 7) is 8.18. The van der Waals surface area contributed by atoms with E-state index in [-0.39, 0.29) is 29.5 Å². The molecule has 0 saturated carbocycles. The predicted octanol–water partition coefficient (Wildman–Crippen LogP) is 1.36. The first kappa shape index (κ1) is 21.4. The second-order valence-electron chi connectivity index (χ2n) is 7.04. The van der Waals surface area contributed by atoms with E-state index in [9.17, 15) is 18.0 Å². The number of carbonyl (C=O) groups is 2. The first-order valence-electron chi connectivity index (χ1n) is 9.20. The zero-order valence-corrected chi connectivity index (χ0v) is 17.5. The van der Waals surface area contributed by atoms with E-state index < -0.39 is 16.0 Å². The van der Waals surface area contributed by atoms with Gasteiger partial charge < -0.3 is 14.2 Å². The monoisotopic (exact) mass is 399 g/mol. The minimum Gasteiger partial charge on any atom is -0.462 e. The van der Waals surface area contributed by atoms with Crippen LogP contribution in [0.2, 0.25) is 0 Å². The number of nitrogens with one attached hydrogen (secondary N) is 1. The molecule has 0 spiro atoms. The van der Waals surface area contributed by atoms with Crippen LogP contribution in [-0.4, -0.2) is 56.0 Å². The molecule has 0 aromatic carbocycles. The van der Waals surface area contributed by atoms with E-state index in [1.807, 2.05) is 0 Å². The molecular formula is C18H29N3O5S. The third-order valence-corrected chi connectivity index (χ3v) is 6.78. The maximum absolute atomic E-state index is 12.9. The average molecular weight is 400 g/mol. The van der Waals surface area contributed by atoms with Crippen LogP contribution in [0.1, 0.15) is 48.4 Å². The van der Waals surface area contributed by atoms with Gasteiger partial charge in [0.05, 0.1) is 13.2 Å². The molecule has 0 radical (unpaired) electrons. The molecule has 1 aliphatic rings. The molecule has 27 heavy (non-hydrogen) atoms. The first-order chi connectivity index (χ1) is 12.6. The van der Waals surface area contributed by atoms with E-state index in [2.05, 4.69) is 11.6 Å². The quantitative estimate of drug-likeness (QED) is 0.729. The highest BCUT2D eigenvalue weighted by Crippen LogP contribution is 2.27. The molecule has 2 heterocycles. The Morgan fingerprint density at radius 1 is 1.19 bits per heavy atom. The Morgan fingerprint density at radius 2 is 1.78 bits per heavy atom. The van der Waals surface area contributed by atoms with Gasteiger partial charge in [-0.05, 0) is 39.5 Å². The van der Waals surface area contributed by atoms with Crippen molar-refractivity contribution in [1.82, 2.24) is 14.2 Å². The summed E-state index contributed by atoms with van der Waals surface area (Å²) < 4.78 is 34.8. The van der Waals surface area contributed by atoms with Crippen LogP contribution in [0.4, 0.5) is 0 Å². The maximum atomic E-state index is 12.9. The minimum absolute atomic E-state index is 0.0172. The zero-order chi connectivity index (χ0) is 20.4. The molecular weight excluding hydrogens is 370 g/mol. The van der Waals surface area contributed by atoms with Crippen molar-refractivity contribution < 1.29 is 22.7 Å². The van der Waals surface area contributed by atoms with Crippen LogP contribution >= 0.6 is 0 Å². The molecule has 9 heteroatoms. The number of likely N-dealkylation sites (tertiary alicyclic amines) is 1. The molecule has 1 aromatic heterocycles. The second-order valence-corrected chi connectivity index (χ2v) is 8.75. The lowest BCUT2D eigenvalue weighted by atomic mass is 9.99. The Balaban J connectivity index is 2.22. The Kier molecular flexibility index (Phi) is 6.69. The fourth-order valence-electron chi connectivity index (χ4n) is 3.29. The SMILES string of the molecule is CCOC(=O)c1c(S(=O)(=O)NCC(=O)N2CCC(C)CC2)c(C)n(C)c1C. The molecule has 2 rings (SSSR count). The summed E-state index contributed by atoms with van der Waals surface area (Å²) >= 11 is 0. The molecule has 1 fully saturated rings. The van der Waals surface area contributed by atoms with Gasteiger partial charge in [0.2, 0.25) is 15.9 Å². The standard InChI is InChI=1S/C18H29N3O5S/c1-6-26-18(23)16-13(3)20(5)14(4)17(16)27(24,25)19-11-15(22)21-9-7-12(2)8-10-21/h12,19H,6-11H2,1-5H3. The van der Waals surface area contributed by atoms with E-state index in [0.717, 1.165) is 12.8 Å². The van der Waals surface area contributed by atoms with Gasteiger partial charge in [0, 0.05) is 31.5 Å². The molecule has 0 atom stereocenters. The highest BCUT2D eigenvalue weighted by Gasteiger charge is 2.32. The van der Waals surface area contributed by atoms with Gasteiger partial charge in [-0.15, -0.1) is 0 Å². The molecule has 1 aromatic rings. The van der Waals surface area contributed by atoms with Crippen molar-refractivity contribution in [2.24, 2.45) is 13.0 Å². The number of hydrogen-bond acceptors (Lipinski definition) is 5. The number of rotatable bonds is 6. The summed E-state index contributed by atoms with van der Waals surface area (Å²) in [5, 5.41) is 0. The summed E-state index contributed by atoms with van der Waals surface area (Å²) in [6, 6.07) is 0. The predicted molar refractivity (Wildman–Crippen MR) is 101 cm³/mol. The van der Waals surface area contributed by atoms with Gasteiger partial charge in [0.25, 0.3) is 0 Å². The van der Waals surface area contributed by atoms with E-state index in [0.29, 0.717) is 30.4 Å². The maximum Gasteiger partial charge on any atom is 0.341 e. The molecule has 1 N–H and O–H groups in total. The lowest BCUT2D eigenvalue weighted by molar-refractivity contribution is -0.131. The minimum atomic E-state index is -4.05. The van der Waals surface area contributed by atoms with Gasteiger partial charge in [-0.2, -0.15) is 0 Å². The number of nitrogens with zero attached hydrogens (tertiary/aromatic N) is 2. The van der Waals surface area contributed by atoms with Gasteiger partial charge in [-0.25, -0.2) is 17.9 Å². The Labute approximate surface area is 160 Å². The topological polar surface area (TPSA) is 97.7 Å². The molecule has 0 bridgehead atoms. The number of aromatic nitrogens is 1. The van der Waals surface area contributed by atoms with Crippen LogP contribution in [0, 0.1) is 19.8 Å². The highest BCUT2D eigenvalue weighted by atomic mass is 32.2. The Bertz CT molecular complexity index is 821. The van der Waals surface area contributed by atoms with Crippen LogP contribution in [0.15, 0.2) is 4.90 Å². The van der Waals surface area contributed by atoms with Gasteiger partial charge in [0.15, 0.2) is 0 Å². The van der Waals surface area contributed by atoms with Crippen molar-refractivity contribution in [3.8, 4) is 0 Å². The van der Waals surface area contributed by atoms with Gasteiger partial charge in [0.1, 0.15) is 10.5 Å². The van der Waals surface area contributed by atoms with E-state index >= 15 is 0 Å². The van der Waals surface area contributed by atoms with Crippen molar-refractivity contribution >= 4 is 21.9 Å². The molecule has 1 amide bonds. The number of ether oxygens (including phenoxy) is 1. The number of carbonyl (C=O) groups excluding carboxylic acids is 2. The zero-order valence-electron chi connectivity index (χ0n) is 16.7. The Morgan fingerprint density at radius 3 is 2.33 bits per heavy atom. The van der Waals surface area contributed by atoms with Crippen LogP contribution in [0.5, 0.6) is 0 Å². The van der Waals surface area contributed by atoms with Crippen LogP contribution in [0.25, 0.3) is 0 Å². The summed E-state index contributed by atoms with van der Waals surface area (Å²) in [6.07, 6.45) is 1.84. The normalized spacial score (nSPS) is 15.8. The fourth-order valence-corrected chi connectivity index (χ4v) is 4.77. The number of amides is 1. The third kappa shape index (κ3) is 4.52. The van der Waals surface area contributed by atoms with Crippen molar-refractivity contribution in [2.45, 2.75) is 45.4 Å². The number of hydrogen-bond donors (Lipinski definition) is 1. The summed E-state index contributed by atoms with van der Waals surface area (Å²) in [5.74, 6) is -0.364. The lowest BCUT2D eigenvalue weighted by Gasteiger charge is -2.30. The third-order valence-electron chi connectivity index (χ3n) is 5.22. The first-order valence-corrected chi connectivity index (χ1v) is 10.7. The molecule has 0 aliphatic carbocycles. The summed E-state index contributed by atoms with van der Waals surface area (Å²) in [4.78, 5) is 26.2. The lowest BCUT2D eigenvalue weighted by Crippen LogP contribution is -2.43. The van der Waals surface area contributed by atoms with Crippen molar-refractivity contribution in [1.29, 1.82) is 0 Å². The van der Waals surface area contributed by atoms with E-state index in [1.54, 1.807) is 37.3 Å². The highest BCUT2D eigenvalue weighted by molar-refractivity contribution is 7.89.